The minimum atomic E-state index is -0.186. The summed E-state index contributed by atoms with van der Waals surface area (Å²) in [6.45, 7) is 6.55. The van der Waals surface area contributed by atoms with E-state index in [1.165, 1.54) is 0 Å². The van der Waals surface area contributed by atoms with Crippen molar-refractivity contribution in [3.63, 3.8) is 0 Å². The molecule has 0 bridgehead atoms. The van der Waals surface area contributed by atoms with Gasteiger partial charge in [0.05, 0.1) is 32.5 Å². The summed E-state index contributed by atoms with van der Waals surface area (Å²) in [5.41, 5.74) is 3.87. The molecule has 8 nitrogen and oxygen atoms in total. The number of carbonyl (C=O) groups is 2. The van der Waals surface area contributed by atoms with Crippen molar-refractivity contribution in [1.29, 1.82) is 0 Å². The van der Waals surface area contributed by atoms with Gasteiger partial charge >= 0.3 is 0 Å². The molecular weight excluding hydrogens is 432 g/mol. The van der Waals surface area contributed by atoms with Gasteiger partial charge in [-0.05, 0) is 30.2 Å². The fraction of sp³-hybridized carbons (Fsp3) is 0.423. The standard InChI is InChI=1S/C26H32N4O4/c1-18-7-5-6-8-21(18)24-16-23(22-10-9-20(33-3)15-25(22)34-4)27-30(24)26(32)17-28-11-13-29(14-12-28)19(2)31/h5-10,15,24H,11-14,16-17H2,1-4H3/t24-/m1/s1. The summed E-state index contributed by atoms with van der Waals surface area (Å²) in [6.07, 6.45) is 0.595. The highest BCUT2D eigenvalue weighted by Crippen LogP contribution is 2.37. The van der Waals surface area contributed by atoms with Gasteiger partial charge in [0.2, 0.25) is 5.91 Å². The number of benzene rings is 2. The molecule has 0 radical (unpaired) electrons. The van der Waals surface area contributed by atoms with E-state index in [-0.39, 0.29) is 24.4 Å². The van der Waals surface area contributed by atoms with Gasteiger partial charge in [0.1, 0.15) is 11.5 Å². The lowest BCUT2D eigenvalue weighted by Crippen LogP contribution is -2.50. The number of amides is 2. The minimum absolute atomic E-state index is 0.0491. The smallest absolute Gasteiger partial charge is 0.257 e. The zero-order valence-electron chi connectivity index (χ0n) is 20.3. The summed E-state index contributed by atoms with van der Waals surface area (Å²) in [5, 5.41) is 6.46. The number of ether oxygens (including phenoxy) is 2. The van der Waals surface area contributed by atoms with E-state index in [1.54, 1.807) is 26.2 Å². The molecule has 4 rings (SSSR count). The molecule has 180 valence electrons. The zero-order valence-corrected chi connectivity index (χ0v) is 20.3. The number of nitrogens with zero attached hydrogens (tertiary/aromatic N) is 4. The van der Waals surface area contributed by atoms with Crippen molar-refractivity contribution >= 4 is 17.5 Å². The Morgan fingerprint density at radius 1 is 1.03 bits per heavy atom. The monoisotopic (exact) mass is 464 g/mol. The predicted octanol–water partition coefficient (Wildman–Crippen LogP) is 2.85. The molecule has 0 N–H and O–H groups in total. The van der Waals surface area contributed by atoms with E-state index in [0.29, 0.717) is 44.1 Å². The molecular formula is C26H32N4O4. The first-order valence-electron chi connectivity index (χ1n) is 11.6. The van der Waals surface area contributed by atoms with Gasteiger partial charge in [-0.3, -0.25) is 14.5 Å². The first-order valence-corrected chi connectivity index (χ1v) is 11.6. The molecule has 34 heavy (non-hydrogen) atoms. The van der Waals surface area contributed by atoms with Gasteiger partial charge in [-0.1, -0.05) is 24.3 Å². The van der Waals surface area contributed by atoms with Crippen LogP contribution in [0.15, 0.2) is 47.6 Å². The van der Waals surface area contributed by atoms with Crippen molar-refractivity contribution in [1.82, 2.24) is 14.8 Å². The van der Waals surface area contributed by atoms with Gasteiger partial charge in [0, 0.05) is 51.2 Å². The predicted molar refractivity (Wildman–Crippen MR) is 130 cm³/mol. The fourth-order valence-electron chi connectivity index (χ4n) is 4.63. The highest BCUT2D eigenvalue weighted by molar-refractivity contribution is 6.05. The maximum atomic E-state index is 13.5. The van der Waals surface area contributed by atoms with Crippen molar-refractivity contribution in [2.24, 2.45) is 5.10 Å². The Morgan fingerprint density at radius 3 is 2.41 bits per heavy atom. The van der Waals surface area contributed by atoms with E-state index in [4.69, 9.17) is 14.6 Å². The highest BCUT2D eigenvalue weighted by atomic mass is 16.5. The van der Waals surface area contributed by atoms with Crippen LogP contribution in [0.2, 0.25) is 0 Å². The largest absolute Gasteiger partial charge is 0.497 e. The molecule has 2 heterocycles. The molecule has 0 aliphatic carbocycles. The van der Waals surface area contributed by atoms with Crippen molar-refractivity contribution in [2.75, 3.05) is 46.9 Å². The molecule has 2 aliphatic rings. The van der Waals surface area contributed by atoms with Crippen LogP contribution in [-0.2, 0) is 9.59 Å². The van der Waals surface area contributed by atoms with Gasteiger partial charge in [0.25, 0.3) is 5.91 Å². The number of carbonyl (C=O) groups excluding carboxylic acids is 2. The van der Waals surface area contributed by atoms with E-state index >= 15 is 0 Å². The number of rotatable bonds is 6. The van der Waals surface area contributed by atoms with E-state index < -0.39 is 0 Å². The third-order valence-corrected chi connectivity index (χ3v) is 6.61. The Kier molecular flexibility index (Phi) is 7.17. The van der Waals surface area contributed by atoms with Gasteiger partial charge in [-0.15, -0.1) is 0 Å². The average molecular weight is 465 g/mol. The number of methoxy groups -OCH3 is 2. The van der Waals surface area contributed by atoms with Crippen LogP contribution in [0.1, 0.15) is 36.1 Å². The van der Waals surface area contributed by atoms with Gasteiger partial charge in [0.15, 0.2) is 0 Å². The maximum Gasteiger partial charge on any atom is 0.257 e. The van der Waals surface area contributed by atoms with Crippen LogP contribution in [-0.4, -0.2) is 79.3 Å². The van der Waals surface area contributed by atoms with Crippen molar-refractivity contribution < 1.29 is 19.1 Å². The van der Waals surface area contributed by atoms with Crippen molar-refractivity contribution in [2.45, 2.75) is 26.3 Å². The van der Waals surface area contributed by atoms with E-state index in [1.807, 2.05) is 35.2 Å². The number of piperazine rings is 1. The second-order valence-electron chi connectivity index (χ2n) is 8.71. The van der Waals surface area contributed by atoms with E-state index in [2.05, 4.69) is 24.0 Å². The van der Waals surface area contributed by atoms with Gasteiger partial charge in [-0.2, -0.15) is 5.10 Å². The first-order chi connectivity index (χ1) is 16.4. The lowest BCUT2D eigenvalue weighted by atomic mass is 9.95. The molecule has 8 heteroatoms. The molecule has 0 saturated carbocycles. The molecule has 2 aromatic carbocycles. The van der Waals surface area contributed by atoms with Crippen LogP contribution in [0.3, 0.4) is 0 Å². The minimum Gasteiger partial charge on any atom is -0.497 e. The number of hydrogen-bond acceptors (Lipinski definition) is 6. The van der Waals surface area contributed by atoms with Crippen LogP contribution in [0.25, 0.3) is 0 Å². The molecule has 1 saturated heterocycles. The van der Waals surface area contributed by atoms with Crippen LogP contribution >= 0.6 is 0 Å². The first kappa shape index (κ1) is 23.8. The van der Waals surface area contributed by atoms with Gasteiger partial charge < -0.3 is 14.4 Å². The Morgan fingerprint density at radius 2 is 1.76 bits per heavy atom. The van der Waals surface area contributed by atoms with Crippen LogP contribution in [0.4, 0.5) is 0 Å². The van der Waals surface area contributed by atoms with Crippen molar-refractivity contribution in [3.8, 4) is 11.5 Å². The Labute approximate surface area is 200 Å². The zero-order chi connectivity index (χ0) is 24.2. The fourth-order valence-corrected chi connectivity index (χ4v) is 4.63. The second-order valence-corrected chi connectivity index (χ2v) is 8.71. The lowest BCUT2D eigenvalue weighted by molar-refractivity contribution is -0.135. The Hall–Kier alpha value is -3.39. The molecule has 1 fully saturated rings. The SMILES string of the molecule is COc1ccc(C2=NN(C(=O)CN3CCN(C(C)=O)CC3)[C@@H](c3ccccc3C)C2)c(OC)c1. The highest BCUT2D eigenvalue weighted by Gasteiger charge is 2.35. The summed E-state index contributed by atoms with van der Waals surface area (Å²) >= 11 is 0. The third-order valence-electron chi connectivity index (χ3n) is 6.61. The molecule has 0 spiro atoms. The van der Waals surface area contributed by atoms with Crippen molar-refractivity contribution in [3.05, 3.63) is 59.2 Å². The van der Waals surface area contributed by atoms with Crippen LogP contribution < -0.4 is 9.47 Å². The quantitative estimate of drug-likeness (QED) is 0.657. The number of hydrogen-bond donors (Lipinski definition) is 0. The summed E-state index contributed by atoms with van der Waals surface area (Å²) in [6, 6.07) is 13.6. The van der Waals surface area contributed by atoms with Crippen LogP contribution in [0.5, 0.6) is 11.5 Å². The average Bonchev–Trinajstić information content (AvgIpc) is 3.29. The Bertz CT molecular complexity index is 1090. The number of aryl methyl sites for hydroxylation is 1. The van der Waals surface area contributed by atoms with Crippen LogP contribution in [0, 0.1) is 6.92 Å². The summed E-state index contributed by atoms with van der Waals surface area (Å²) < 4.78 is 10.9. The second kappa shape index (κ2) is 10.3. The van der Waals surface area contributed by atoms with E-state index in [9.17, 15) is 9.59 Å². The lowest BCUT2D eigenvalue weighted by Gasteiger charge is -2.34. The molecule has 2 amide bonds. The normalized spacial score (nSPS) is 18.6. The third kappa shape index (κ3) is 4.92. The van der Waals surface area contributed by atoms with Gasteiger partial charge in [-0.25, -0.2) is 5.01 Å². The molecule has 0 unspecified atom stereocenters. The Balaban J connectivity index is 1.60. The summed E-state index contributed by atoms with van der Waals surface area (Å²) in [4.78, 5) is 29.0. The molecule has 1 atom stereocenters. The maximum absolute atomic E-state index is 13.5. The molecule has 2 aromatic rings. The molecule has 2 aliphatic heterocycles. The van der Waals surface area contributed by atoms with E-state index in [0.717, 1.165) is 22.4 Å². The topological polar surface area (TPSA) is 74.7 Å². The summed E-state index contributed by atoms with van der Waals surface area (Å²) in [5.74, 6) is 1.39. The number of hydrazone groups is 1. The summed E-state index contributed by atoms with van der Waals surface area (Å²) in [7, 11) is 3.24. The molecule has 0 aromatic heterocycles.